The zero-order chi connectivity index (χ0) is 13.1. The molecule has 1 aromatic heterocycles. The van der Waals surface area contributed by atoms with Gasteiger partial charge in [0.1, 0.15) is 0 Å². The molecular formula is C15H12N2OS. The van der Waals surface area contributed by atoms with Crippen LogP contribution in [0.1, 0.15) is 0 Å². The quantitative estimate of drug-likeness (QED) is 0.684. The standard InChI is InChI=1S/C15H12N2OS/c18-15-13-8-4-5-9-14(13)16-10-17(15)11-19-12-6-2-1-3-7-12/h1-10H,11H2. The van der Waals surface area contributed by atoms with Gasteiger partial charge in [-0.2, -0.15) is 0 Å². The summed E-state index contributed by atoms with van der Waals surface area (Å²) in [5.41, 5.74) is 0.752. The molecule has 0 aliphatic heterocycles. The van der Waals surface area contributed by atoms with Crippen molar-refractivity contribution in [3.8, 4) is 0 Å². The van der Waals surface area contributed by atoms with E-state index >= 15 is 0 Å². The molecule has 19 heavy (non-hydrogen) atoms. The van der Waals surface area contributed by atoms with Crippen LogP contribution in [0.4, 0.5) is 0 Å². The van der Waals surface area contributed by atoms with E-state index in [4.69, 9.17) is 0 Å². The third kappa shape index (κ3) is 2.53. The number of hydrogen-bond acceptors (Lipinski definition) is 3. The van der Waals surface area contributed by atoms with Gasteiger partial charge in [-0.05, 0) is 24.3 Å². The van der Waals surface area contributed by atoms with Crippen molar-refractivity contribution in [3.63, 3.8) is 0 Å². The average Bonchev–Trinajstić information content (AvgIpc) is 2.48. The summed E-state index contributed by atoms with van der Waals surface area (Å²) in [6, 6.07) is 17.4. The molecule has 3 rings (SSSR count). The molecule has 2 aromatic carbocycles. The van der Waals surface area contributed by atoms with Gasteiger partial charge in [0.05, 0.1) is 23.1 Å². The summed E-state index contributed by atoms with van der Waals surface area (Å²) < 4.78 is 1.64. The smallest absolute Gasteiger partial charge is 0.261 e. The monoisotopic (exact) mass is 268 g/mol. The average molecular weight is 268 g/mol. The van der Waals surface area contributed by atoms with Gasteiger partial charge >= 0.3 is 0 Å². The maximum atomic E-state index is 12.3. The molecule has 3 nitrogen and oxygen atoms in total. The van der Waals surface area contributed by atoms with Crippen molar-refractivity contribution >= 4 is 22.7 Å². The molecule has 0 aliphatic rings. The number of aromatic nitrogens is 2. The first kappa shape index (κ1) is 12.0. The second kappa shape index (κ2) is 5.28. The summed E-state index contributed by atoms with van der Waals surface area (Å²) in [5, 5.41) is 0.665. The van der Waals surface area contributed by atoms with E-state index < -0.39 is 0 Å². The number of rotatable bonds is 3. The van der Waals surface area contributed by atoms with Gasteiger partial charge in [-0.25, -0.2) is 4.98 Å². The third-order valence-corrected chi connectivity index (χ3v) is 3.86. The molecular weight excluding hydrogens is 256 g/mol. The van der Waals surface area contributed by atoms with E-state index in [9.17, 15) is 4.79 Å². The summed E-state index contributed by atoms with van der Waals surface area (Å²) >= 11 is 1.62. The van der Waals surface area contributed by atoms with Gasteiger partial charge in [0.15, 0.2) is 0 Å². The van der Waals surface area contributed by atoms with Crippen LogP contribution in [0.2, 0.25) is 0 Å². The van der Waals surface area contributed by atoms with Gasteiger partial charge in [0.25, 0.3) is 5.56 Å². The van der Waals surface area contributed by atoms with Crippen LogP contribution >= 0.6 is 11.8 Å². The van der Waals surface area contributed by atoms with Crippen LogP contribution in [-0.2, 0) is 5.88 Å². The number of benzene rings is 2. The van der Waals surface area contributed by atoms with E-state index in [1.54, 1.807) is 22.7 Å². The van der Waals surface area contributed by atoms with Crippen molar-refractivity contribution in [2.24, 2.45) is 0 Å². The third-order valence-electron chi connectivity index (χ3n) is 2.85. The van der Waals surface area contributed by atoms with E-state index in [2.05, 4.69) is 4.98 Å². The lowest BCUT2D eigenvalue weighted by Crippen LogP contribution is -2.19. The Morgan fingerprint density at radius 3 is 2.58 bits per heavy atom. The maximum Gasteiger partial charge on any atom is 0.261 e. The van der Waals surface area contributed by atoms with Crippen LogP contribution < -0.4 is 5.56 Å². The summed E-state index contributed by atoms with van der Waals surface area (Å²) in [6.45, 7) is 0. The van der Waals surface area contributed by atoms with E-state index in [1.807, 2.05) is 54.6 Å². The van der Waals surface area contributed by atoms with Crippen LogP contribution in [0, 0.1) is 0 Å². The second-order valence-electron chi connectivity index (χ2n) is 4.12. The molecule has 0 N–H and O–H groups in total. The van der Waals surface area contributed by atoms with Gasteiger partial charge in [0.2, 0.25) is 0 Å². The highest BCUT2D eigenvalue weighted by atomic mass is 32.2. The molecule has 0 amide bonds. The minimum Gasteiger partial charge on any atom is -0.288 e. The number of para-hydroxylation sites is 1. The van der Waals surface area contributed by atoms with Gasteiger partial charge in [-0.3, -0.25) is 9.36 Å². The van der Waals surface area contributed by atoms with E-state index in [0.717, 1.165) is 10.4 Å². The molecule has 0 radical (unpaired) electrons. The Morgan fingerprint density at radius 2 is 1.74 bits per heavy atom. The SMILES string of the molecule is O=c1c2ccccc2ncn1CSc1ccccc1. The molecule has 0 atom stereocenters. The molecule has 94 valence electrons. The van der Waals surface area contributed by atoms with Crippen LogP contribution in [0.25, 0.3) is 10.9 Å². The molecule has 1 heterocycles. The molecule has 0 aliphatic carbocycles. The molecule has 0 bridgehead atoms. The molecule has 0 saturated heterocycles. The fourth-order valence-corrected chi connectivity index (χ4v) is 2.68. The minimum absolute atomic E-state index is 0.00836. The Hall–Kier alpha value is -2.07. The predicted molar refractivity (Wildman–Crippen MR) is 78.3 cm³/mol. The van der Waals surface area contributed by atoms with Crippen LogP contribution in [-0.4, -0.2) is 9.55 Å². The lowest BCUT2D eigenvalue weighted by Gasteiger charge is -2.06. The summed E-state index contributed by atoms with van der Waals surface area (Å²) in [7, 11) is 0. The first-order valence-corrected chi connectivity index (χ1v) is 6.95. The molecule has 0 saturated carbocycles. The van der Waals surface area contributed by atoms with E-state index in [0.29, 0.717) is 11.3 Å². The molecule has 4 heteroatoms. The second-order valence-corrected chi connectivity index (χ2v) is 5.14. The highest BCUT2D eigenvalue weighted by Crippen LogP contribution is 2.18. The van der Waals surface area contributed by atoms with Crippen molar-refractivity contribution in [1.82, 2.24) is 9.55 Å². The van der Waals surface area contributed by atoms with E-state index in [1.165, 1.54) is 0 Å². The Labute approximate surface area is 114 Å². The highest BCUT2D eigenvalue weighted by molar-refractivity contribution is 7.98. The van der Waals surface area contributed by atoms with Gasteiger partial charge in [-0.15, -0.1) is 11.8 Å². The van der Waals surface area contributed by atoms with Crippen LogP contribution in [0.5, 0.6) is 0 Å². The van der Waals surface area contributed by atoms with E-state index in [-0.39, 0.29) is 5.56 Å². The predicted octanol–water partition coefficient (Wildman–Crippen LogP) is 3.15. The summed E-state index contributed by atoms with van der Waals surface area (Å²) in [6.07, 6.45) is 1.61. The van der Waals surface area contributed by atoms with Crippen LogP contribution in [0.15, 0.2) is 70.6 Å². The lowest BCUT2D eigenvalue weighted by atomic mass is 10.2. The number of fused-ring (bicyclic) bond motifs is 1. The maximum absolute atomic E-state index is 12.3. The Balaban J connectivity index is 1.90. The van der Waals surface area contributed by atoms with Crippen molar-refractivity contribution in [2.75, 3.05) is 0 Å². The first-order valence-electron chi connectivity index (χ1n) is 5.96. The molecule has 0 spiro atoms. The molecule has 3 aromatic rings. The van der Waals surface area contributed by atoms with Crippen molar-refractivity contribution < 1.29 is 0 Å². The largest absolute Gasteiger partial charge is 0.288 e. The lowest BCUT2D eigenvalue weighted by molar-refractivity contribution is 0.823. The molecule has 0 fully saturated rings. The number of hydrogen-bond donors (Lipinski definition) is 0. The summed E-state index contributed by atoms with van der Waals surface area (Å²) in [4.78, 5) is 17.7. The first-order chi connectivity index (χ1) is 9.34. The zero-order valence-corrected chi connectivity index (χ0v) is 11.0. The Morgan fingerprint density at radius 1 is 1.00 bits per heavy atom. The highest BCUT2D eigenvalue weighted by Gasteiger charge is 2.03. The Bertz CT molecular complexity index is 753. The fraction of sp³-hybridized carbons (Fsp3) is 0.0667. The fourth-order valence-electron chi connectivity index (χ4n) is 1.86. The zero-order valence-electron chi connectivity index (χ0n) is 10.2. The minimum atomic E-state index is 0.00836. The number of thioether (sulfide) groups is 1. The van der Waals surface area contributed by atoms with Crippen molar-refractivity contribution in [3.05, 3.63) is 71.3 Å². The van der Waals surface area contributed by atoms with Gasteiger partial charge in [0, 0.05) is 4.90 Å². The summed E-state index contributed by atoms with van der Waals surface area (Å²) in [5.74, 6) is 0.570. The normalized spacial score (nSPS) is 10.7. The Kier molecular flexibility index (Phi) is 3.33. The number of nitrogens with zero attached hydrogens (tertiary/aromatic N) is 2. The van der Waals surface area contributed by atoms with Gasteiger partial charge < -0.3 is 0 Å². The topological polar surface area (TPSA) is 34.9 Å². The van der Waals surface area contributed by atoms with Crippen LogP contribution in [0.3, 0.4) is 0 Å². The van der Waals surface area contributed by atoms with Crippen molar-refractivity contribution in [2.45, 2.75) is 10.8 Å². The van der Waals surface area contributed by atoms with Crippen molar-refractivity contribution in [1.29, 1.82) is 0 Å². The van der Waals surface area contributed by atoms with Gasteiger partial charge in [-0.1, -0.05) is 30.3 Å². The molecule has 0 unspecified atom stereocenters.